The lowest BCUT2D eigenvalue weighted by Crippen LogP contribution is -2.22. The van der Waals surface area contributed by atoms with Crippen molar-refractivity contribution in [2.24, 2.45) is 0 Å². The first-order valence-electron chi connectivity index (χ1n) is 10.3. The number of rotatable bonds is 6. The van der Waals surface area contributed by atoms with Crippen molar-refractivity contribution in [2.75, 3.05) is 19.0 Å². The number of aryl methyl sites for hydroxylation is 1. The highest BCUT2D eigenvalue weighted by molar-refractivity contribution is 7.99. The molecule has 32 heavy (non-hydrogen) atoms. The Morgan fingerprint density at radius 1 is 1.06 bits per heavy atom. The fourth-order valence-electron chi connectivity index (χ4n) is 3.59. The van der Waals surface area contributed by atoms with Crippen molar-refractivity contribution < 1.29 is 9.47 Å². The molecule has 0 amide bonds. The number of thiazole rings is 1. The van der Waals surface area contributed by atoms with Gasteiger partial charge in [-0.25, -0.2) is 4.98 Å². The van der Waals surface area contributed by atoms with Crippen LogP contribution < -0.4 is 5.56 Å². The van der Waals surface area contributed by atoms with Crippen LogP contribution in [0.4, 0.5) is 0 Å². The first-order valence-corrected chi connectivity index (χ1v) is 12.6. The minimum absolute atomic E-state index is 0.128. The fraction of sp³-hybridized carbons (Fsp3) is 0.261. The van der Waals surface area contributed by atoms with Gasteiger partial charge in [0.15, 0.2) is 21.0 Å². The maximum absolute atomic E-state index is 13.6. The number of para-hydroxylation sites is 1. The Labute approximate surface area is 198 Å². The number of hydrogen-bond acceptors (Lipinski definition) is 7. The van der Waals surface area contributed by atoms with E-state index < -0.39 is 0 Å². The van der Waals surface area contributed by atoms with Gasteiger partial charge in [0.1, 0.15) is 4.70 Å². The van der Waals surface area contributed by atoms with E-state index in [1.807, 2.05) is 47.0 Å². The van der Waals surface area contributed by atoms with Gasteiger partial charge in [-0.3, -0.25) is 13.9 Å². The van der Waals surface area contributed by atoms with E-state index in [1.165, 1.54) is 28.7 Å². The van der Waals surface area contributed by atoms with E-state index in [1.54, 1.807) is 4.57 Å². The molecule has 1 saturated heterocycles. The summed E-state index contributed by atoms with van der Waals surface area (Å²) in [5, 5.41) is 0.583. The first-order chi connectivity index (χ1) is 15.7. The molecule has 4 aromatic rings. The summed E-state index contributed by atoms with van der Waals surface area (Å²) in [6.45, 7) is 3.29. The monoisotopic (exact) mass is 483 g/mol. The van der Waals surface area contributed by atoms with E-state index in [4.69, 9.17) is 26.7 Å². The Hall–Kier alpha value is -2.30. The summed E-state index contributed by atoms with van der Waals surface area (Å²) in [6, 6.07) is 17.8. The summed E-state index contributed by atoms with van der Waals surface area (Å²) in [4.78, 5) is 18.6. The largest absolute Gasteiger partial charge is 0.349 e. The number of benzene rings is 2. The third-order valence-electron chi connectivity index (χ3n) is 5.23. The summed E-state index contributed by atoms with van der Waals surface area (Å²) in [7, 11) is 0. The molecule has 0 bridgehead atoms. The van der Waals surface area contributed by atoms with E-state index in [0.29, 0.717) is 38.4 Å². The highest BCUT2D eigenvalue weighted by atomic mass is 32.2. The van der Waals surface area contributed by atoms with Gasteiger partial charge in [0.05, 0.1) is 24.7 Å². The molecule has 0 unspecified atom stereocenters. The molecule has 0 atom stereocenters. The number of fused-ring (bicyclic) bond motifs is 1. The molecule has 0 radical (unpaired) electrons. The highest BCUT2D eigenvalue weighted by Crippen LogP contribution is 2.28. The lowest BCUT2D eigenvalue weighted by atomic mass is 10.1. The van der Waals surface area contributed by atoms with Gasteiger partial charge in [0, 0.05) is 5.69 Å². The standard InChI is InChI=1S/C23H21N3O3S3/c1-2-15-8-10-17(11-9-15)25-20-19(32-23(25)30)21(27)26(16-6-4-3-5-7-16)22(24-20)31-14-18-28-12-13-29-18/h3-11,18H,2,12-14H2,1H3. The van der Waals surface area contributed by atoms with E-state index in [-0.39, 0.29) is 11.8 Å². The molecule has 0 spiro atoms. The third kappa shape index (κ3) is 4.06. The van der Waals surface area contributed by atoms with E-state index in [2.05, 4.69) is 19.1 Å². The predicted octanol–water partition coefficient (Wildman–Crippen LogP) is 4.99. The normalized spacial score (nSPS) is 14.4. The van der Waals surface area contributed by atoms with Crippen LogP contribution in [-0.4, -0.2) is 39.4 Å². The van der Waals surface area contributed by atoms with Gasteiger partial charge in [-0.15, -0.1) is 0 Å². The molecule has 1 fully saturated rings. The van der Waals surface area contributed by atoms with Crippen molar-refractivity contribution in [1.82, 2.24) is 14.1 Å². The average molecular weight is 484 g/mol. The molecule has 1 aliphatic rings. The Balaban J connectivity index is 1.68. The third-order valence-corrected chi connectivity index (χ3v) is 7.56. The van der Waals surface area contributed by atoms with Gasteiger partial charge in [0.25, 0.3) is 5.56 Å². The maximum atomic E-state index is 13.6. The lowest BCUT2D eigenvalue weighted by molar-refractivity contribution is -0.0215. The van der Waals surface area contributed by atoms with E-state index in [0.717, 1.165) is 17.8 Å². The van der Waals surface area contributed by atoms with Crippen molar-refractivity contribution in [3.05, 3.63) is 74.5 Å². The number of thioether (sulfide) groups is 1. The summed E-state index contributed by atoms with van der Waals surface area (Å²) in [5.41, 5.74) is 3.36. The van der Waals surface area contributed by atoms with Crippen LogP contribution in [0.1, 0.15) is 12.5 Å². The Morgan fingerprint density at radius 2 is 1.75 bits per heavy atom. The molecule has 2 aromatic carbocycles. The second kappa shape index (κ2) is 9.29. The molecule has 2 aromatic heterocycles. The number of ether oxygens (including phenoxy) is 2. The molecule has 9 heteroatoms. The van der Waals surface area contributed by atoms with Crippen molar-refractivity contribution in [3.63, 3.8) is 0 Å². The SMILES string of the molecule is CCc1ccc(-n2c(=S)sc3c(=O)n(-c4ccccc4)c(SCC4OCCO4)nc32)cc1. The van der Waals surface area contributed by atoms with Crippen LogP contribution in [0.2, 0.25) is 0 Å². The molecular weight excluding hydrogens is 462 g/mol. The van der Waals surface area contributed by atoms with Gasteiger partial charge in [0.2, 0.25) is 0 Å². The number of hydrogen-bond donors (Lipinski definition) is 0. The summed E-state index contributed by atoms with van der Waals surface area (Å²) >= 11 is 8.40. The Bertz CT molecular complexity index is 1360. The maximum Gasteiger partial charge on any atom is 0.278 e. The number of nitrogens with zero attached hydrogens (tertiary/aromatic N) is 3. The van der Waals surface area contributed by atoms with Crippen LogP contribution in [0.15, 0.2) is 64.5 Å². The topological polar surface area (TPSA) is 58.3 Å². The van der Waals surface area contributed by atoms with Gasteiger partial charge in [-0.2, -0.15) is 0 Å². The molecule has 164 valence electrons. The average Bonchev–Trinajstić information content (AvgIpc) is 3.46. The van der Waals surface area contributed by atoms with Gasteiger partial charge in [-0.05, 0) is 48.5 Å². The van der Waals surface area contributed by atoms with E-state index in [9.17, 15) is 4.79 Å². The first kappa shape index (κ1) is 21.5. The fourth-order valence-corrected chi connectivity index (χ4v) is 5.84. The number of aromatic nitrogens is 3. The molecule has 0 saturated carbocycles. The zero-order valence-corrected chi connectivity index (χ0v) is 19.8. The molecule has 3 heterocycles. The summed E-state index contributed by atoms with van der Waals surface area (Å²) in [6.07, 6.45) is 0.657. The summed E-state index contributed by atoms with van der Waals surface area (Å²) in [5.74, 6) is 0.543. The van der Waals surface area contributed by atoms with Crippen molar-refractivity contribution >= 4 is 45.7 Å². The van der Waals surface area contributed by atoms with Crippen LogP contribution in [0.5, 0.6) is 0 Å². The highest BCUT2D eigenvalue weighted by Gasteiger charge is 2.22. The van der Waals surface area contributed by atoms with Crippen LogP contribution in [0.3, 0.4) is 0 Å². The van der Waals surface area contributed by atoms with Gasteiger partial charge >= 0.3 is 0 Å². The second-order valence-electron chi connectivity index (χ2n) is 7.23. The summed E-state index contributed by atoms with van der Waals surface area (Å²) < 4.78 is 15.8. The Morgan fingerprint density at radius 3 is 2.44 bits per heavy atom. The minimum atomic E-state index is -0.303. The molecule has 0 N–H and O–H groups in total. The predicted molar refractivity (Wildman–Crippen MR) is 131 cm³/mol. The second-order valence-corrected chi connectivity index (χ2v) is 9.86. The van der Waals surface area contributed by atoms with Crippen LogP contribution in [0.25, 0.3) is 21.7 Å². The van der Waals surface area contributed by atoms with Crippen molar-refractivity contribution in [3.8, 4) is 11.4 Å². The van der Waals surface area contributed by atoms with Crippen LogP contribution in [0, 0.1) is 3.95 Å². The molecule has 0 aliphatic carbocycles. The molecule has 1 aliphatic heterocycles. The van der Waals surface area contributed by atoms with E-state index >= 15 is 0 Å². The smallest absolute Gasteiger partial charge is 0.278 e. The lowest BCUT2D eigenvalue weighted by Gasteiger charge is -2.14. The van der Waals surface area contributed by atoms with Crippen molar-refractivity contribution in [2.45, 2.75) is 24.8 Å². The molecule has 5 rings (SSSR count). The Kier molecular flexibility index (Phi) is 6.25. The zero-order valence-electron chi connectivity index (χ0n) is 17.4. The van der Waals surface area contributed by atoms with Crippen LogP contribution >= 0.6 is 35.3 Å². The van der Waals surface area contributed by atoms with Crippen LogP contribution in [-0.2, 0) is 15.9 Å². The molecule has 6 nitrogen and oxygen atoms in total. The van der Waals surface area contributed by atoms with Gasteiger partial charge < -0.3 is 9.47 Å². The quantitative estimate of drug-likeness (QED) is 0.219. The zero-order chi connectivity index (χ0) is 22.1. The minimum Gasteiger partial charge on any atom is -0.349 e. The van der Waals surface area contributed by atoms with Gasteiger partial charge in [-0.1, -0.05) is 60.4 Å². The van der Waals surface area contributed by atoms with Crippen molar-refractivity contribution in [1.29, 1.82) is 0 Å². The molecular formula is C23H21N3O3S3.